The number of aldehydes is 1. The highest BCUT2D eigenvalue weighted by Crippen LogP contribution is 2.45. The number of nitrogens with zero attached hydrogens (tertiary/aromatic N) is 5. The number of amides is 3. The van der Waals surface area contributed by atoms with Crippen LogP contribution in [-0.4, -0.2) is 140 Å². The molecule has 0 spiro atoms. The number of anilines is 1. The molecule has 15 heteroatoms. The van der Waals surface area contributed by atoms with Crippen molar-refractivity contribution in [1.29, 1.82) is 0 Å². The Bertz CT molecular complexity index is 1900. The molecule has 1 aliphatic carbocycles. The normalized spacial score (nSPS) is 28.0. The number of likely N-dealkylation sites (tertiary alicyclic amines) is 1. The highest BCUT2D eigenvalue weighted by Gasteiger charge is 2.46. The SMILES string of the molecule is CN(C(=O)c1cc(N2CCC(CN3CC4CC4C3)C(F)C2)ccc1C=O)C1CCC(=O)NC1=O.CN1CCN2C(/C=C(\N)c3ccccc3O)=C(N)NCC2C1. The zero-order chi connectivity index (χ0) is 39.7. The minimum Gasteiger partial charge on any atom is -0.507 e. The van der Waals surface area contributed by atoms with E-state index in [1.165, 1.54) is 18.4 Å². The second kappa shape index (κ2) is 16.5. The number of halogens is 1. The van der Waals surface area contributed by atoms with Crippen molar-refractivity contribution in [2.45, 2.75) is 43.9 Å². The van der Waals surface area contributed by atoms with Crippen molar-refractivity contribution in [2.75, 3.05) is 77.9 Å². The predicted octanol–water partition coefficient (Wildman–Crippen LogP) is 1.53. The molecular weight excluding hydrogens is 718 g/mol. The van der Waals surface area contributed by atoms with E-state index in [9.17, 15) is 24.3 Å². The Morgan fingerprint density at radius 2 is 1.80 bits per heavy atom. The van der Waals surface area contributed by atoms with E-state index < -0.39 is 24.0 Å². The first-order chi connectivity index (χ1) is 26.9. The zero-order valence-corrected chi connectivity index (χ0v) is 32.2. The van der Waals surface area contributed by atoms with Crippen molar-refractivity contribution in [1.82, 2.24) is 30.2 Å². The molecule has 4 saturated heterocycles. The number of nitrogens with two attached hydrogens (primary N) is 2. The van der Waals surface area contributed by atoms with Crippen molar-refractivity contribution in [3.05, 3.63) is 76.7 Å². The summed E-state index contributed by atoms with van der Waals surface area (Å²) in [6.45, 7) is 7.71. The first-order valence-corrected chi connectivity index (χ1v) is 19.7. The summed E-state index contributed by atoms with van der Waals surface area (Å²) >= 11 is 0. The Hall–Kier alpha value is -5.15. The van der Waals surface area contributed by atoms with Gasteiger partial charge in [-0.15, -0.1) is 0 Å². The van der Waals surface area contributed by atoms with E-state index in [-0.39, 0.29) is 48.1 Å². The molecule has 6 aliphatic rings. The van der Waals surface area contributed by atoms with Crippen LogP contribution < -0.4 is 27.0 Å². The van der Waals surface area contributed by atoms with Crippen LogP contribution in [0.2, 0.25) is 0 Å². The number of rotatable bonds is 8. The first-order valence-electron chi connectivity index (χ1n) is 19.7. The van der Waals surface area contributed by atoms with Crippen LogP contribution >= 0.6 is 0 Å². The number of carbonyl (C=O) groups is 4. The minimum atomic E-state index is -0.957. The smallest absolute Gasteiger partial charge is 0.255 e. The number of piperazine rings is 1. The maximum atomic E-state index is 15.1. The lowest BCUT2D eigenvalue weighted by atomic mass is 9.93. The molecule has 8 rings (SSSR count). The molecule has 2 aromatic carbocycles. The van der Waals surface area contributed by atoms with Crippen LogP contribution in [0.3, 0.4) is 0 Å². The molecule has 5 heterocycles. The van der Waals surface area contributed by atoms with Gasteiger partial charge in [0.05, 0.1) is 17.3 Å². The summed E-state index contributed by atoms with van der Waals surface area (Å²) in [6.07, 6.45) is 3.97. The molecule has 6 atom stereocenters. The van der Waals surface area contributed by atoms with E-state index in [2.05, 4.69) is 32.4 Å². The van der Waals surface area contributed by atoms with Gasteiger partial charge in [-0.2, -0.15) is 0 Å². The second-order valence-electron chi connectivity index (χ2n) is 16.2. The van der Waals surface area contributed by atoms with E-state index in [1.807, 2.05) is 17.0 Å². The summed E-state index contributed by atoms with van der Waals surface area (Å²) in [6, 6.07) is 11.6. The fraction of sp³-hybridized carbons (Fsp3) is 0.512. The summed E-state index contributed by atoms with van der Waals surface area (Å²) in [7, 11) is 3.62. The topological polar surface area (TPSA) is 181 Å². The van der Waals surface area contributed by atoms with Crippen LogP contribution in [0, 0.1) is 17.8 Å². The van der Waals surface area contributed by atoms with Gasteiger partial charge in [0.2, 0.25) is 11.8 Å². The Balaban J connectivity index is 0.000000189. The Morgan fingerprint density at radius 3 is 2.52 bits per heavy atom. The van der Waals surface area contributed by atoms with Crippen molar-refractivity contribution in [2.24, 2.45) is 29.2 Å². The number of alkyl halides is 1. The molecule has 56 heavy (non-hydrogen) atoms. The molecule has 300 valence electrons. The molecule has 2 aromatic rings. The van der Waals surface area contributed by atoms with E-state index >= 15 is 4.39 Å². The maximum absolute atomic E-state index is 15.1. The third-order valence-corrected chi connectivity index (χ3v) is 12.3. The van der Waals surface area contributed by atoms with Gasteiger partial charge in [-0.05, 0) is 74.6 Å². The lowest BCUT2D eigenvalue weighted by molar-refractivity contribution is -0.136. The number of carbonyl (C=O) groups excluding carboxylic acids is 4. The summed E-state index contributed by atoms with van der Waals surface area (Å²) in [5.74, 6) is 1.15. The van der Waals surface area contributed by atoms with E-state index in [0.717, 1.165) is 69.8 Å². The molecule has 0 aromatic heterocycles. The average Bonchev–Trinajstić information content (AvgIpc) is 3.80. The van der Waals surface area contributed by atoms with Gasteiger partial charge in [-0.1, -0.05) is 12.1 Å². The molecule has 1 saturated carbocycles. The third-order valence-electron chi connectivity index (χ3n) is 12.3. The summed E-state index contributed by atoms with van der Waals surface area (Å²) < 4.78 is 15.1. The summed E-state index contributed by atoms with van der Waals surface area (Å²) in [5, 5.41) is 15.4. The number of fused-ring (bicyclic) bond motifs is 2. The van der Waals surface area contributed by atoms with Crippen LogP contribution in [0.5, 0.6) is 5.75 Å². The van der Waals surface area contributed by atoms with Crippen LogP contribution in [0.15, 0.2) is 60.1 Å². The number of phenolic OH excluding ortho intramolecular Hbond substituents is 1. The Morgan fingerprint density at radius 1 is 1.04 bits per heavy atom. The van der Waals surface area contributed by atoms with Gasteiger partial charge < -0.3 is 46.4 Å². The van der Waals surface area contributed by atoms with Gasteiger partial charge in [-0.3, -0.25) is 24.5 Å². The number of imide groups is 1. The van der Waals surface area contributed by atoms with E-state index in [4.69, 9.17) is 11.5 Å². The standard InChI is InChI=1S/C25H31FN4O4.C16H23N5O/c1-28(22-4-5-23(32)27-24(22)33)25(34)20-9-19(3-2-16(20)14-31)30-7-6-15(21(26)13-30)10-29-11-17-8-18(17)12-29;1-20-6-7-21-11(10-20)9-19-16(18)14(21)8-13(17)12-4-2-3-5-15(12)22/h2-3,9,14-15,17-18,21-22H,4-8,10-13H2,1H3,(H,27,32,33);2-5,8,11,19,22H,6-7,9-10,17-18H2,1H3/b;13-8-. The molecule has 0 radical (unpaired) electrons. The molecule has 0 bridgehead atoms. The minimum absolute atomic E-state index is 0.0164. The highest BCUT2D eigenvalue weighted by molar-refractivity contribution is 6.06. The number of allylic oxidation sites excluding steroid dienone is 1. The molecule has 7 N–H and O–H groups in total. The largest absolute Gasteiger partial charge is 0.507 e. The van der Waals surface area contributed by atoms with Gasteiger partial charge in [0, 0.05) is 101 Å². The first kappa shape index (κ1) is 39.1. The fourth-order valence-electron chi connectivity index (χ4n) is 8.86. The number of hydrogen-bond donors (Lipinski definition) is 5. The van der Waals surface area contributed by atoms with Gasteiger partial charge in [-0.25, -0.2) is 4.39 Å². The van der Waals surface area contributed by atoms with Crippen molar-refractivity contribution in [3.8, 4) is 5.75 Å². The predicted molar refractivity (Wildman–Crippen MR) is 211 cm³/mol. The molecule has 5 aliphatic heterocycles. The fourth-order valence-corrected chi connectivity index (χ4v) is 8.86. The number of phenols is 1. The van der Waals surface area contributed by atoms with Crippen LogP contribution in [-0.2, 0) is 9.59 Å². The van der Waals surface area contributed by atoms with Crippen molar-refractivity contribution < 1.29 is 28.7 Å². The summed E-state index contributed by atoms with van der Waals surface area (Å²) in [5.41, 5.74) is 15.4. The summed E-state index contributed by atoms with van der Waals surface area (Å²) in [4.78, 5) is 58.8. The zero-order valence-electron chi connectivity index (χ0n) is 32.2. The monoisotopic (exact) mass is 771 g/mol. The molecule has 14 nitrogen and oxygen atoms in total. The third kappa shape index (κ3) is 8.48. The van der Waals surface area contributed by atoms with Crippen LogP contribution in [0.25, 0.3) is 5.70 Å². The van der Waals surface area contributed by atoms with Crippen LogP contribution in [0.4, 0.5) is 10.1 Å². The molecular formula is C41H54FN9O5. The number of aromatic hydroxyl groups is 1. The number of piperidine rings is 3. The van der Waals surface area contributed by atoms with Gasteiger partial charge in [0.1, 0.15) is 23.8 Å². The van der Waals surface area contributed by atoms with E-state index in [1.54, 1.807) is 36.4 Å². The lowest BCUT2D eigenvalue weighted by Crippen LogP contribution is -2.58. The van der Waals surface area contributed by atoms with Gasteiger partial charge in [0.15, 0.2) is 6.29 Å². The molecule has 5 fully saturated rings. The number of benzene rings is 2. The van der Waals surface area contributed by atoms with Crippen molar-refractivity contribution in [3.63, 3.8) is 0 Å². The number of likely N-dealkylation sites (N-methyl/N-ethyl adjacent to an activating group) is 2. The quantitative estimate of drug-likeness (QED) is 0.193. The average molecular weight is 772 g/mol. The van der Waals surface area contributed by atoms with E-state index in [0.29, 0.717) is 41.6 Å². The molecule has 6 unspecified atom stereocenters. The van der Waals surface area contributed by atoms with Gasteiger partial charge >= 0.3 is 0 Å². The maximum Gasteiger partial charge on any atom is 0.255 e. The second-order valence-corrected chi connectivity index (χ2v) is 16.2. The van der Waals surface area contributed by atoms with Gasteiger partial charge in [0.25, 0.3) is 5.91 Å². The number of nitrogens with one attached hydrogen (secondary N) is 2. The number of para-hydroxylation sites is 1. The Labute approximate surface area is 327 Å². The van der Waals surface area contributed by atoms with Crippen molar-refractivity contribution >= 4 is 35.4 Å². The Kier molecular flexibility index (Phi) is 11.5. The molecule has 3 amide bonds. The number of hydrogen-bond acceptors (Lipinski definition) is 12. The highest BCUT2D eigenvalue weighted by atomic mass is 19.1. The van der Waals surface area contributed by atoms with Crippen LogP contribution in [0.1, 0.15) is 52.0 Å². The lowest BCUT2D eigenvalue weighted by Gasteiger charge is -2.45.